The number of unbranched alkanes of at least 4 members (excludes halogenated alkanes) is 3. The molecule has 4 rings (SSSR count). The molecule has 4 atom stereocenters. The van der Waals surface area contributed by atoms with Crippen LogP contribution in [0, 0.1) is 0 Å². The number of nitrogens with zero attached hydrogens (tertiary/aromatic N) is 4. The first-order valence-electron chi connectivity index (χ1n) is 20.4. The Hall–Kier alpha value is -4.50. The lowest BCUT2D eigenvalue weighted by molar-refractivity contribution is -0.142. The van der Waals surface area contributed by atoms with Crippen LogP contribution in [0.25, 0.3) is 0 Å². The van der Waals surface area contributed by atoms with Gasteiger partial charge in [0.15, 0.2) is 0 Å². The maximum Gasteiger partial charge on any atom is 0.317 e. The van der Waals surface area contributed by atoms with Gasteiger partial charge in [-0.3, -0.25) is 48.4 Å². The third-order valence-corrected chi connectivity index (χ3v) is 12.3. The molecule has 0 bridgehead atoms. The van der Waals surface area contributed by atoms with Crippen LogP contribution >= 0.6 is 11.8 Å². The van der Waals surface area contributed by atoms with Gasteiger partial charge >= 0.3 is 29.9 Å². The topological polar surface area (TPSA) is 261 Å². The van der Waals surface area contributed by atoms with E-state index in [4.69, 9.17) is 0 Å². The lowest BCUT2D eigenvalue weighted by Crippen LogP contribution is -2.53. The predicted molar refractivity (Wildman–Crippen MR) is 219 cm³/mol. The van der Waals surface area contributed by atoms with Crippen LogP contribution in [0.4, 0.5) is 10.5 Å². The van der Waals surface area contributed by atoms with Crippen LogP contribution in [-0.4, -0.2) is 189 Å². The molecule has 8 N–H and O–H groups in total. The molecule has 20 heteroatoms. The number of anilines is 1. The van der Waals surface area contributed by atoms with Gasteiger partial charge in [0, 0.05) is 87.9 Å². The van der Waals surface area contributed by atoms with E-state index in [9.17, 15) is 54.0 Å². The average molecular weight is 849 g/mol. The number of carbonyl (C=O) groups is 7. The molecule has 0 radical (unpaired) electrons. The summed E-state index contributed by atoms with van der Waals surface area (Å²) in [5, 5.41) is 50.7. The van der Waals surface area contributed by atoms with Crippen molar-refractivity contribution in [2.45, 2.75) is 81.2 Å². The fourth-order valence-corrected chi connectivity index (χ4v) is 9.30. The number of carboxylic acids is 4. The van der Waals surface area contributed by atoms with E-state index in [1.165, 1.54) is 0 Å². The number of fused-ring (bicyclic) bond motifs is 1. The molecular weight excluding hydrogens is 789 g/mol. The summed E-state index contributed by atoms with van der Waals surface area (Å²) in [6.45, 7) is 0.613. The smallest absolute Gasteiger partial charge is 0.317 e. The Balaban J connectivity index is 1.23. The fraction of sp³-hybridized carbons (Fsp3) is 0.667. The first-order valence-corrected chi connectivity index (χ1v) is 21.4. The van der Waals surface area contributed by atoms with Gasteiger partial charge in [-0.1, -0.05) is 25.0 Å². The summed E-state index contributed by atoms with van der Waals surface area (Å²) in [7, 11) is 0. The van der Waals surface area contributed by atoms with Crippen molar-refractivity contribution >= 4 is 59.2 Å². The Kier molecular flexibility index (Phi) is 19.6. The number of hydrogen-bond acceptors (Lipinski definition) is 12. The van der Waals surface area contributed by atoms with Crippen molar-refractivity contribution in [2.24, 2.45) is 0 Å². The van der Waals surface area contributed by atoms with Crippen LogP contribution in [0.2, 0.25) is 0 Å². The number of aliphatic carboxylic acids is 4. The molecule has 1 aromatic rings. The second-order valence-electron chi connectivity index (χ2n) is 15.5. The monoisotopic (exact) mass is 848 g/mol. The Morgan fingerprint density at radius 3 is 1.90 bits per heavy atom. The molecule has 3 aliphatic heterocycles. The van der Waals surface area contributed by atoms with Gasteiger partial charge in [0.25, 0.3) is 0 Å². The van der Waals surface area contributed by atoms with Crippen LogP contribution < -0.4 is 21.3 Å². The molecule has 3 saturated heterocycles. The predicted octanol–water partition coefficient (Wildman–Crippen LogP) is 0.499. The lowest BCUT2D eigenvalue weighted by Gasteiger charge is -2.37. The number of urea groups is 1. The van der Waals surface area contributed by atoms with Crippen molar-refractivity contribution in [2.75, 3.05) is 89.6 Å². The number of nitrogens with one attached hydrogen (secondary N) is 4. The van der Waals surface area contributed by atoms with E-state index in [0.717, 1.165) is 43.4 Å². The lowest BCUT2D eigenvalue weighted by atomic mass is 10.0. The van der Waals surface area contributed by atoms with Crippen molar-refractivity contribution in [3.63, 3.8) is 0 Å². The number of thioether (sulfide) groups is 1. The molecule has 1 aromatic carbocycles. The van der Waals surface area contributed by atoms with E-state index < -0.39 is 29.9 Å². The molecule has 0 spiro atoms. The summed E-state index contributed by atoms with van der Waals surface area (Å²) in [5.41, 5.74) is 1.39. The zero-order valence-electron chi connectivity index (χ0n) is 33.5. The van der Waals surface area contributed by atoms with Gasteiger partial charge in [-0.15, -0.1) is 0 Å². The highest BCUT2D eigenvalue weighted by molar-refractivity contribution is 8.00. The minimum atomic E-state index is -1.09. The molecule has 3 aliphatic rings. The minimum Gasteiger partial charge on any atom is -0.480 e. The number of carboxylic acid groups (broad SMARTS) is 4. The van der Waals surface area contributed by atoms with Crippen LogP contribution in [0.3, 0.4) is 0 Å². The Morgan fingerprint density at radius 1 is 0.678 bits per heavy atom. The van der Waals surface area contributed by atoms with Gasteiger partial charge in [-0.05, 0) is 49.8 Å². The first kappa shape index (κ1) is 47.2. The second-order valence-corrected chi connectivity index (χ2v) is 16.7. The van der Waals surface area contributed by atoms with Crippen LogP contribution in [0.5, 0.6) is 0 Å². The number of rotatable bonds is 22. The molecule has 3 fully saturated rings. The molecule has 59 heavy (non-hydrogen) atoms. The third kappa shape index (κ3) is 17.7. The zero-order valence-corrected chi connectivity index (χ0v) is 34.3. The molecule has 328 valence electrons. The van der Waals surface area contributed by atoms with Gasteiger partial charge < -0.3 is 41.7 Å². The largest absolute Gasteiger partial charge is 0.480 e. The molecule has 3 heterocycles. The molecule has 0 aromatic heterocycles. The molecular formula is C39H60N8O11S. The highest BCUT2D eigenvalue weighted by Gasteiger charge is 2.42. The number of benzene rings is 1. The van der Waals surface area contributed by atoms with Gasteiger partial charge in [-0.2, -0.15) is 11.8 Å². The Morgan fingerprint density at radius 2 is 1.25 bits per heavy atom. The summed E-state index contributed by atoms with van der Waals surface area (Å²) < 4.78 is 0. The quantitative estimate of drug-likeness (QED) is 0.0584. The van der Waals surface area contributed by atoms with E-state index in [-0.39, 0.29) is 102 Å². The van der Waals surface area contributed by atoms with Gasteiger partial charge in [-0.25, -0.2) is 4.79 Å². The SMILES string of the molecule is O=C(O)CN1CCN(CC(=O)O)CCN(CC(=O)O)C(Cc2ccc(NC(=O)CCCCCNC(=O)CCCC[C@@H]3SC[C@@H]4NC(=O)N[C@@H]43)cc2)CN(CC(=O)O)CC1. The van der Waals surface area contributed by atoms with E-state index >= 15 is 0 Å². The summed E-state index contributed by atoms with van der Waals surface area (Å²) in [5.74, 6) is -3.52. The van der Waals surface area contributed by atoms with Crippen molar-refractivity contribution in [3.8, 4) is 0 Å². The third-order valence-electron chi connectivity index (χ3n) is 10.8. The second kappa shape index (κ2) is 24.6. The Bertz CT molecular complexity index is 1590. The summed E-state index contributed by atoms with van der Waals surface area (Å²) in [6, 6.07) is 6.91. The number of amides is 4. The molecule has 19 nitrogen and oxygen atoms in total. The Labute approximate surface area is 348 Å². The summed E-state index contributed by atoms with van der Waals surface area (Å²) >= 11 is 1.87. The van der Waals surface area contributed by atoms with Crippen LogP contribution in [0.15, 0.2) is 24.3 Å². The average Bonchev–Trinajstić information content (AvgIpc) is 3.72. The summed E-state index contributed by atoms with van der Waals surface area (Å²) in [4.78, 5) is 90.3. The van der Waals surface area contributed by atoms with Crippen LogP contribution in [0.1, 0.15) is 56.9 Å². The van der Waals surface area contributed by atoms with E-state index in [1.54, 1.807) is 31.7 Å². The summed E-state index contributed by atoms with van der Waals surface area (Å²) in [6.07, 6.45) is 5.96. The van der Waals surface area contributed by atoms with Crippen LogP contribution in [-0.2, 0) is 35.2 Å². The van der Waals surface area contributed by atoms with Gasteiger partial charge in [0.1, 0.15) is 0 Å². The van der Waals surface area contributed by atoms with Crippen molar-refractivity contribution in [1.29, 1.82) is 0 Å². The van der Waals surface area contributed by atoms with E-state index in [1.807, 2.05) is 23.9 Å². The molecule has 0 aliphatic carbocycles. The van der Waals surface area contributed by atoms with Gasteiger partial charge in [0.05, 0.1) is 38.3 Å². The standard InChI is InChI=1S/C39H60N8O11S/c48-32(7-4-3-6-31-38-30(26-59-31)42-39(58)43-38)40-13-5-1-2-8-33(49)41-28-11-9-27(10-12-28)20-29-21-46(24-36(54)55)17-16-44(22-34(50)51)14-15-45(23-35(52)53)18-19-47(29)25-37(56)57/h9-12,29-31,38H,1-8,13-26H2,(H,40,48)(H,41,49)(H,50,51)(H,52,53)(H,54,55)(H,56,57)(H2,42,43,58)/t29?,30-,31-,38-/m0/s1. The first-order chi connectivity index (χ1) is 28.2. The van der Waals surface area contributed by atoms with Crippen molar-refractivity contribution in [3.05, 3.63) is 29.8 Å². The minimum absolute atomic E-state index is 0.0178. The van der Waals surface area contributed by atoms with Crippen molar-refractivity contribution in [1.82, 2.24) is 35.6 Å². The number of hydrogen-bond donors (Lipinski definition) is 8. The highest BCUT2D eigenvalue weighted by Crippen LogP contribution is 2.33. The highest BCUT2D eigenvalue weighted by atomic mass is 32.2. The zero-order chi connectivity index (χ0) is 42.7. The van der Waals surface area contributed by atoms with Gasteiger partial charge in [0.2, 0.25) is 11.8 Å². The van der Waals surface area contributed by atoms with E-state index in [2.05, 4.69) is 21.3 Å². The molecule has 0 saturated carbocycles. The maximum atomic E-state index is 12.7. The maximum absolute atomic E-state index is 12.7. The molecule has 1 unspecified atom stereocenters. The molecule has 4 amide bonds. The fourth-order valence-electron chi connectivity index (χ4n) is 7.75. The number of carbonyl (C=O) groups excluding carboxylic acids is 3. The normalized spacial score (nSPS) is 22.3. The van der Waals surface area contributed by atoms with E-state index in [0.29, 0.717) is 43.2 Å². The van der Waals surface area contributed by atoms with Crippen molar-refractivity contribution < 1.29 is 54.0 Å².